The molecule has 0 bridgehead atoms. The van der Waals surface area contributed by atoms with Crippen LogP contribution in [0, 0.1) is 0 Å². The van der Waals surface area contributed by atoms with Crippen LogP contribution in [-0.2, 0) is 4.74 Å². The van der Waals surface area contributed by atoms with E-state index in [1.165, 1.54) is 12.1 Å². The first-order valence-electron chi connectivity index (χ1n) is 5.27. The van der Waals surface area contributed by atoms with Gasteiger partial charge in [-0.15, -0.1) is 6.58 Å². The quantitative estimate of drug-likeness (QED) is 0.466. The maximum Gasteiger partial charge on any atom is 0.339 e. The molecule has 0 aromatic heterocycles. The van der Waals surface area contributed by atoms with Crippen LogP contribution in [0.25, 0.3) is 0 Å². The summed E-state index contributed by atoms with van der Waals surface area (Å²) < 4.78 is 4.97. The van der Waals surface area contributed by atoms with Gasteiger partial charge in [0, 0.05) is 0 Å². The summed E-state index contributed by atoms with van der Waals surface area (Å²) in [5, 5.41) is 8.90. The van der Waals surface area contributed by atoms with E-state index in [-0.39, 0.29) is 17.7 Å². The summed E-state index contributed by atoms with van der Waals surface area (Å²) in [7, 11) is 0. The summed E-state index contributed by atoms with van der Waals surface area (Å²) in [5.74, 6) is -1.74. The summed E-state index contributed by atoms with van der Waals surface area (Å²) >= 11 is 0. The zero-order chi connectivity index (χ0) is 12.7. The molecule has 0 aliphatic carbocycles. The van der Waals surface area contributed by atoms with Crippen LogP contribution in [0.2, 0.25) is 0 Å². The molecule has 0 aliphatic heterocycles. The molecule has 1 N–H and O–H groups in total. The molecule has 0 saturated heterocycles. The smallest absolute Gasteiger partial charge is 0.339 e. The highest BCUT2D eigenvalue weighted by molar-refractivity contribution is 6.02. The van der Waals surface area contributed by atoms with E-state index in [4.69, 9.17) is 9.84 Å². The first kappa shape index (κ1) is 13.0. The average molecular weight is 234 g/mol. The van der Waals surface area contributed by atoms with Crippen LogP contribution < -0.4 is 0 Å². The predicted molar refractivity (Wildman–Crippen MR) is 63.1 cm³/mol. The van der Waals surface area contributed by atoms with Gasteiger partial charge in [-0.25, -0.2) is 9.59 Å². The SMILES string of the molecule is C=CCCCOC(=O)c1ccccc1C(=O)O. The lowest BCUT2D eigenvalue weighted by molar-refractivity contribution is 0.0491. The van der Waals surface area contributed by atoms with E-state index in [0.717, 1.165) is 6.42 Å². The summed E-state index contributed by atoms with van der Waals surface area (Å²) in [6, 6.07) is 5.99. The van der Waals surface area contributed by atoms with Crippen LogP contribution in [0.15, 0.2) is 36.9 Å². The number of carboxylic acid groups (broad SMARTS) is 1. The molecule has 0 fully saturated rings. The predicted octanol–water partition coefficient (Wildman–Crippen LogP) is 2.51. The van der Waals surface area contributed by atoms with E-state index in [0.29, 0.717) is 6.42 Å². The van der Waals surface area contributed by atoms with E-state index < -0.39 is 11.9 Å². The van der Waals surface area contributed by atoms with Crippen LogP contribution in [0.4, 0.5) is 0 Å². The van der Waals surface area contributed by atoms with Gasteiger partial charge in [-0.3, -0.25) is 0 Å². The highest BCUT2D eigenvalue weighted by Gasteiger charge is 2.16. The lowest BCUT2D eigenvalue weighted by Crippen LogP contribution is -2.12. The number of aromatic carboxylic acids is 1. The van der Waals surface area contributed by atoms with Crippen molar-refractivity contribution in [2.75, 3.05) is 6.61 Å². The third-order valence-corrected chi connectivity index (χ3v) is 2.16. The second-order valence-corrected chi connectivity index (χ2v) is 3.42. The second kappa shape index (κ2) is 6.48. The number of allylic oxidation sites excluding steroid dienone is 1. The van der Waals surface area contributed by atoms with Crippen molar-refractivity contribution in [3.05, 3.63) is 48.0 Å². The third kappa shape index (κ3) is 3.75. The zero-order valence-electron chi connectivity index (χ0n) is 9.39. The summed E-state index contributed by atoms with van der Waals surface area (Å²) in [6.45, 7) is 3.82. The molecule has 0 radical (unpaired) electrons. The molecule has 0 unspecified atom stereocenters. The van der Waals surface area contributed by atoms with Gasteiger partial charge < -0.3 is 9.84 Å². The molecule has 1 aromatic rings. The fraction of sp³-hybridized carbons (Fsp3) is 0.231. The molecule has 0 saturated carbocycles. The number of unbranched alkanes of at least 4 members (excludes halogenated alkanes) is 1. The Bertz CT molecular complexity index is 423. The molecule has 0 heterocycles. The Hall–Kier alpha value is -2.10. The summed E-state index contributed by atoms with van der Waals surface area (Å²) in [4.78, 5) is 22.5. The Morgan fingerprint density at radius 3 is 2.53 bits per heavy atom. The molecule has 0 atom stereocenters. The van der Waals surface area contributed by atoms with Gasteiger partial charge in [0.1, 0.15) is 0 Å². The number of carbonyl (C=O) groups is 2. The average Bonchev–Trinajstić information content (AvgIpc) is 2.34. The van der Waals surface area contributed by atoms with Gasteiger partial charge >= 0.3 is 11.9 Å². The summed E-state index contributed by atoms with van der Waals surface area (Å²) in [5.41, 5.74) is 0.0415. The second-order valence-electron chi connectivity index (χ2n) is 3.42. The van der Waals surface area contributed by atoms with Crippen molar-refractivity contribution < 1.29 is 19.4 Å². The number of hydrogen-bond donors (Lipinski definition) is 1. The Balaban J connectivity index is 2.68. The van der Waals surface area contributed by atoms with Crippen LogP contribution in [-0.4, -0.2) is 23.7 Å². The Morgan fingerprint density at radius 2 is 1.94 bits per heavy atom. The van der Waals surface area contributed by atoms with E-state index in [1.54, 1.807) is 18.2 Å². The molecule has 4 nitrogen and oxygen atoms in total. The van der Waals surface area contributed by atoms with Crippen LogP contribution >= 0.6 is 0 Å². The van der Waals surface area contributed by atoms with E-state index in [2.05, 4.69) is 6.58 Å². The van der Waals surface area contributed by atoms with Crippen molar-refractivity contribution in [2.45, 2.75) is 12.8 Å². The molecule has 1 rings (SSSR count). The van der Waals surface area contributed by atoms with E-state index in [9.17, 15) is 9.59 Å². The molecular weight excluding hydrogens is 220 g/mol. The van der Waals surface area contributed by atoms with Crippen molar-refractivity contribution in [3.63, 3.8) is 0 Å². The fourth-order valence-corrected chi connectivity index (χ4v) is 1.32. The molecule has 0 aliphatic rings. The topological polar surface area (TPSA) is 63.6 Å². The number of benzene rings is 1. The minimum absolute atomic E-state index is 0.0405. The van der Waals surface area contributed by atoms with E-state index >= 15 is 0 Å². The monoisotopic (exact) mass is 234 g/mol. The summed E-state index contributed by atoms with van der Waals surface area (Å²) in [6.07, 6.45) is 3.18. The first-order valence-corrected chi connectivity index (χ1v) is 5.27. The minimum atomic E-state index is -1.14. The van der Waals surface area contributed by atoms with Crippen molar-refractivity contribution in [1.29, 1.82) is 0 Å². The Kier molecular flexibility index (Phi) is 4.94. The van der Waals surface area contributed by atoms with Gasteiger partial charge in [0.15, 0.2) is 0 Å². The number of esters is 1. The molecule has 0 spiro atoms. The number of hydrogen-bond acceptors (Lipinski definition) is 3. The standard InChI is InChI=1S/C13H14O4/c1-2-3-6-9-17-13(16)11-8-5-4-7-10(11)12(14)15/h2,4-5,7-8H,1,3,6,9H2,(H,14,15). The van der Waals surface area contributed by atoms with Gasteiger partial charge in [0.25, 0.3) is 0 Å². The molecular formula is C13H14O4. The Labute approximate surface area is 99.5 Å². The van der Waals surface area contributed by atoms with Crippen molar-refractivity contribution >= 4 is 11.9 Å². The fourth-order valence-electron chi connectivity index (χ4n) is 1.32. The zero-order valence-corrected chi connectivity index (χ0v) is 9.39. The molecule has 90 valence electrons. The number of rotatable bonds is 6. The third-order valence-electron chi connectivity index (χ3n) is 2.16. The molecule has 0 amide bonds. The molecule has 1 aromatic carbocycles. The van der Waals surface area contributed by atoms with Crippen LogP contribution in [0.1, 0.15) is 33.6 Å². The van der Waals surface area contributed by atoms with Crippen LogP contribution in [0.3, 0.4) is 0 Å². The highest BCUT2D eigenvalue weighted by Crippen LogP contribution is 2.10. The van der Waals surface area contributed by atoms with Gasteiger partial charge in [-0.05, 0) is 25.0 Å². The highest BCUT2D eigenvalue weighted by atomic mass is 16.5. The number of carbonyl (C=O) groups excluding carboxylic acids is 1. The van der Waals surface area contributed by atoms with Gasteiger partial charge in [-0.2, -0.15) is 0 Å². The van der Waals surface area contributed by atoms with Crippen molar-refractivity contribution in [2.24, 2.45) is 0 Å². The van der Waals surface area contributed by atoms with E-state index in [1.807, 2.05) is 0 Å². The maximum absolute atomic E-state index is 11.6. The lowest BCUT2D eigenvalue weighted by atomic mass is 10.1. The van der Waals surface area contributed by atoms with Gasteiger partial charge in [0.05, 0.1) is 17.7 Å². The normalized spacial score (nSPS) is 9.65. The minimum Gasteiger partial charge on any atom is -0.478 e. The van der Waals surface area contributed by atoms with Crippen molar-refractivity contribution in [3.8, 4) is 0 Å². The largest absolute Gasteiger partial charge is 0.478 e. The Morgan fingerprint density at radius 1 is 1.29 bits per heavy atom. The van der Waals surface area contributed by atoms with Crippen molar-refractivity contribution in [1.82, 2.24) is 0 Å². The first-order chi connectivity index (χ1) is 8.16. The van der Waals surface area contributed by atoms with Crippen LogP contribution in [0.5, 0.6) is 0 Å². The van der Waals surface area contributed by atoms with Gasteiger partial charge in [0.2, 0.25) is 0 Å². The molecule has 17 heavy (non-hydrogen) atoms. The van der Waals surface area contributed by atoms with Gasteiger partial charge in [-0.1, -0.05) is 18.2 Å². The number of carboxylic acids is 1. The number of ether oxygens (including phenoxy) is 1. The molecule has 4 heteroatoms. The lowest BCUT2D eigenvalue weighted by Gasteiger charge is -2.06. The maximum atomic E-state index is 11.6.